The Morgan fingerprint density at radius 3 is 2.66 bits per heavy atom. The molecule has 32 heavy (non-hydrogen) atoms. The fourth-order valence-electron chi connectivity index (χ4n) is 5.23. The molecule has 1 spiro atoms. The van der Waals surface area contributed by atoms with Gasteiger partial charge in [-0.05, 0) is 50.1 Å². The predicted molar refractivity (Wildman–Crippen MR) is 122 cm³/mol. The van der Waals surface area contributed by atoms with Crippen molar-refractivity contribution in [3.63, 3.8) is 0 Å². The molecule has 3 aromatic rings. The van der Waals surface area contributed by atoms with Gasteiger partial charge in [0.25, 0.3) is 0 Å². The first-order valence-electron chi connectivity index (χ1n) is 11.4. The van der Waals surface area contributed by atoms with E-state index in [9.17, 15) is 4.79 Å². The highest BCUT2D eigenvalue weighted by Crippen LogP contribution is 2.50. The second-order valence-electron chi connectivity index (χ2n) is 9.37. The van der Waals surface area contributed by atoms with Gasteiger partial charge in [-0.2, -0.15) is 0 Å². The Balaban J connectivity index is 1.43. The summed E-state index contributed by atoms with van der Waals surface area (Å²) in [6.45, 7) is 8.04. The Hall–Kier alpha value is -3.06. The van der Waals surface area contributed by atoms with Gasteiger partial charge in [-0.25, -0.2) is 4.98 Å². The molecule has 0 aromatic carbocycles. The lowest BCUT2D eigenvalue weighted by molar-refractivity contribution is -0.136. The first-order valence-corrected chi connectivity index (χ1v) is 11.4. The quantitative estimate of drug-likeness (QED) is 0.600. The summed E-state index contributed by atoms with van der Waals surface area (Å²) in [5.41, 5.74) is 2.75. The molecule has 0 radical (unpaired) electrons. The summed E-state index contributed by atoms with van der Waals surface area (Å²) >= 11 is 0. The van der Waals surface area contributed by atoms with Crippen molar-refractivity contribution in [2.45, 2.75) is 45.3 Å². The molecule has 5 heterocycles. The number of hydrogen-bond donors (Lipinski definition) is 0. The van der Waals surface area contributed by atoms with Crippen LogP contribution >= 0.6 is 0 Å². The molecule has 3 aromatic heterocycles. The second kappa shape index (κ2) is 8.47. The van der Waals surface area contributed by atoms with Gasteiger partial charge < -0.3 is 9.47 Å². The summed E-state index contributed by atoms with van der Waals surface area (Å²) in [4.78, 5) is 31.7. The maximum Gasteiger partial charge on any atom is 0.231 e. The van der Waals surface area contributed by atoms with Crippen molar-refractivity contribution in [3.05, 3.63) is 78.4 Å². The molecular weight excluding hydrogens is 400 g/mol. The third kappa shape index (κ3) is 3.81. The number of rotatable bonds is 6. The van der Waals surface area contributed by atoms with E-state index < -0.39 is 5.41 Å². The minimum absolute atomic E-state index is 0.0844. The van der Waals surface area contributed by atoms with Crippen LogP contribution in [-0.4, -0.2) is 54.9 Å². The van der Waals surface area contributed by atoms with Crippen molar-refractivity contribution in [1.29, 1.82) is 0 Å². The van der Waals surface area contributed by atoms with Gasteiger partial charge >= 0.3 is 0 Å². The van der Waals surface area contributed by atoms with Crippen molar-refractivity contribution in [1.82, 2.24) is 29.3 Å². The van der Waals surface area contributed by atoms with E-state index in [1.807, 2.05) is 41.7 Å². The lowest BCUT2D eigenvalue weighted by Gasteiger charge is -2.28. The van der Waals surface area contributed by atoms with E-state index in [2.05, 4.69) is 45.5 Å². The molecular formula is C25H30N6O. The Morgan fingerprint density at radius 2 is 1.94 bits per heavy atom. The highest BCUT2D eigenvalue weighted by atomic mass is 16.2. The summed E-state index contributed by atoms with van der Waals surface area (Å²) in [5.74, 6) is 0.336. The van der Waals surface area contributed by atoms with Crippen LogP contribution in [0.25, 0.3) is 0 Å². The predicted octanol–water partition coefficient (Wildman–Crippen LogP) is 3.27. The van der Waals surface area contributed by atoms with Gasteiger partial charge in [0.15, 0.2) is 0 Å². The lowest BCUT2D eigenvalue weighted by atomic mass is 9.75. The molecule has 166 valence electrons. The zero-order valence-electron chi connectivity index (χ0n) is 18.8. The molecule has 0 bridgehead atoms. The highest BCUT2D eigenvalue weighted by Gasteiger charge is 2.57. The molecule has 5 rings (SSSR count). The molecule has 2 aliphatic heterocycles. The molecule has 2 atom stereocenters. The smallest absolute Gasteiger partial charge is 0.231 e. The van der Waals surface area contributed by atoms with Gasteiger partial charge in [0, 0.05) is 69.5 Å². The third-order valence-corrected chi connectivity index (χ3v) is 6.96. The fourth-order valence-corrected chi connectivity index (χ4v) is 5.23. The van der Waals surface area contributed by atoms with Crippen LogP contribution in [0.15, 0.2) is 61.4 Å². The Kier molecular flexibility index (Phi) is 5.51. The lowest BCUT2D eigenvalue weighted by Crippen LogP contribution is -2.39. The Labute approximate surface area is 189 Å². The maximum absolute atomic E-state index is 13.9. The van der Waals surface area contributed by atoms with Crippen molar-refractivity contribution in [3.8, 4) is 0 Å². The van der Waals surface area contributed by atoms with Crippen molar-refractivity contribution < 1.29 is 4.79 Å². The molecule has 0 aliphatic carbocycles. The third-order valence-electron chi connectivity index (χ3n) is 6.96. The number of imidazole rings is 1. The van der Waals surface area contributed by atoms with Gasteiger partial charge in [0.05, 0.1) is 23.1 Å². The maximum atomic E-state index is 13.9. The van der Waals surface area contributed by atoms with Crippen LogP contribution in [0, 0.1) is 5.41 Å². The monoisotopic (exact) mass is 430 g/mol. The molecule has 2 saturated heterocycles. The summed E-state index contributed by atoms with van der Waals surface area (Å²) in [7, 11) is 0. The molecule has 2 aliphatic rings. The topological polar surface area (TPSA) is 67.2 Å². The Morgan fingerprint density at radius 1 is 1.09 bits per heavy atom. The van der Waals surface area contributed by atoms with Gasteiger partial charge in [-0.3, -0.25) is 19.7 Å². The van der Waals surface area contributed by atoms with E-state index in [0.29, 0.717) is 12.6 Å². The minimum atomic E-state index is -0.433. The number of amides is 1. The van der Waals surface area contributed by atoms with Crippen LogP contribution in [0.2, 0.25) is 0 Å². The van der Waals surface area contributed by atoms with Gasteiger partial charge in [-0.15, -0.1) is 0 Å². The van der Waals surface area contributed by atoms with E-state index in [-0.39, 0.29) is 11.8 Å². The normalized spacial score (nSPS) is 23.7. The molecule has 7 heteroatoms. The van der Waals surface area contributed by atoms with Crippen molar-refractivity contribution in [2.24, 2.45) is 5.41 Å². The van der Waals surface area contributed by atoms with E-state index in [4.69, 9.17) is 4.98 Å². The first-order chi connectivity index (χ1) is 15.5. The van der Waals surface area contributed by atoms with Crippen LogP contribution in [0.5, 0.6) is 0 Å². The standard InChI is InChI=1S/C25H30N6O/c1-19(2)31-16-23(28-18-31)22-15-29(14-21-5-3-4-9-27-21)17-25(22)8-12-30(24(25)32)13-20-6-10-26-11-7-20/h3-7,9-11,16,18-19,22H,8,12-15,17H2,1-2H3/t22-,25-/m0/s1. The number of carbonyl (C=O) groups is 1. The van der Waals surface area contributed by atoms with E-state index in [1.54, 1.807) is 12.4 Å². The summed E-state index contributed by atoms with van der Waals surface area (Å²) < 4.78 is 2.14. The molecule has 7 nitrogen and oxygen atoms in total. The van der Waals surface area contributed by atoms with Crippen LogP contribution < -0.4 is 0 Å². The highest BCUT2D eigenvalue weighted by molar-refractivity contribution is 5.86. The SMILES string of the molecule is CC(C)n1cnc([C@@H]2CN(Cc3ccccn3)C[C@@]23CCN(Cc2ccncc2)C3=O)c1. The minimum Gasteiger partial charge on any atom is -0.338 e. The zero-order chi connectivity index (χ0) is 22.1. The molecule has 2 fully saturated rings. The van der Waals surface area contributed by atoms with E-state index >= 15 is 0 Å². The van der Waals surface area contributed by atoms with Crippen LogP contribution in [0.1, 0.15) is 49.2 Å². The number of aromatic nitrogens is 4. The molecule has 0 N–H and O–H groups in total. The van der Waals surface area contributed by atoms with Crippen LogP contribution in [-0.2, 0) is 17.9 Å². The first kappa shape index (κ1) is 20.8. The Bertz CT molecular complexity index is 1070. The molecule has 0 unspecified atom stereocenters. The summed E-state index contributed by atoms with van der Waals surface area (Å²) in [5, 5.41) is 0. The summed E-state index contributed by atoms with van der Waals surface area (Å²) in [6, 6.07) is 10.3. The number of hydrogen-bond acceptors (Lipinski definition) is 5. The molecule has 1 amide bonds. The van der Waals surface area contributed by atoms with Gasteiger partial charge in [0.1, 0.15) is 0 Å². The number of pyridine rings is 2. The van der Waals surface area contributed by atoms with E-state index in [1.165, 1.54) is 0 Å². The number of nitrogens with zero attached hydrogens (tertiary/aromatic N) is 6. The van der Waals surface area contributed by atoms with Gasteiger partial charge in [-0.1, -0.05) is 6.07 Å². The second-order valence-corrected chi connectivity index (χ2v) is 9.37. The number of carbonyl (C=O) groups excluding carboxylic acids is 1. The average Bonchev–Trinajstić information content (AvgIpc) is 3.50. The van der Waals surface area contributed by atoms with Gasteiger partial charge in [0.2, 0.25) is 5.91 Å². The largest absolute Gasteiger partial charge is 0.338 e. The fraction of sp³-hybridized carbons (Fsp3) is 0.440. The van der Waals surface area contributed by atoms with E-state index in [0.717, 1.165) is 49.6 Å². The van der Waals surface area contributed by atoms with Crippen molar-refractivity contribution >= 4 is 5.91 Å². The number of likely N-dealkylation sites (tertiary alicyclic amines) is 2. The van der Waals surface area contributed by atoms with Crippen molar-refractivity contribution in [2.75, 3.05) is 19.6 Å². The summed E-state index contributed by atoms with van der Waals surface area (Å²) in [6.07, 6.45) is 10.3. The molecule has 0 saturated carbocycles. The zero-order valence-corrected chi connectivity index (χ0v) is 18.8. The van der Waals surface area contributed by atoms with Crippen LogP contribution in [0.3, 0.4) is 0 Å². The van der Waals surface area contributed by atoms with Crippen LogP contribution in [0.4, 0.5) is 0 Å². The average molecular weight is 431 g/mol.